The molecule has 130 valence electrons. The Morgan fingerprint density at radius 2 is 1.80 bits per heavy atom. The lowest BCUT2D eigenvalue weighted by Crippen LogP contribution is -2.34. The molecular weight excluding hydrogens is 310 g/mol. The van der Waals surface area contributed by atoms with Gasteiger partial charge in [-0.25, -0.2) is 4.79 Å². The van der Waals surface area contributed by atoms with E-state index < -0.39 is 5.97 Å². The zero-order valence-corrected chi connectivity index (χ0v) is 14.7. The van der Waals surface area contributed by atoms with Gasteiger partial charge >= 0.3 is 5.97 Å². The topological polar surface area (TPSA) is 40.5 Å². The Hall–Kier alpha value is -2.39. The zero-order valence-electron chi connectivity index (χ0n) is 14.7. The van der Waals surface area contributed by atoms with Gasteiger partial charge in [-0.1, -0.05) is 54.6 Å². The summed E-state index contributed by atoms with van der Waals surface area (Å²) in [6, 6.07) is 18.6. The zero-order chi connectivity index (χ0) is 17.6. The van der Waals surface area contributed by atoms with Gasteiger partial charge in [0.2, 0.25) is 0 Å². The maximum absolute atomic E-state index is 11.7. The number of benzene rings is 2. The molecule has 3 heteroatoms. The van der Waals surface area contributed by atoms with Crippen LogP contribution in [0.25, 0.3) is 5.57 Å². The highest BCUT2D eigenvalue weighted by atomic mass is 16.4. The normalized spacial score (nSPS) is 15.4. The largest absolute Gasteiger partial charge is 0.478 e. The Morgan fingerprint density at radius 1 is 1.08 bits per heavy atom. The Morgan fingerprint density at radius 3 is 2.52 bits per heavy atom. The SMILES string of the molecule is Cc1ccccc1C1=C(C(=O)O)CCN(CCCc2ccccc2)C1. The average Bonchev–Trinajstić information content (AvgIpc) is 2.63. The lowest BCUT2D eigenvalue weighted by atomic mass is 9.91. The van der Waals surface area contributed by atoms with E-state index in [2.05, 4.69) is 42.2 Å². The predicted octanol–water partition coefficient (Wildman–Crippen LogP) is 4.17. The summed E-state index contributed by atoms with van der Waals surface area (Å²) < 4.78 is 0. The molecule has 0 bridgehead atoms. The molecule has 0 fully saturated rings. The first-order chi connectivity index (χ1) is 12.1. The van der Waals surface area contributed by atoms with Crippen LogP contribution in [0, 0.1) is 6.92 Å². The van der Waals surface area contributed by atoms with Crippen LogP contribution in [0.4, 0.5) is 0 Å². The van der Waals surface area contributed by atoms with E-state index in [-0.39, 0.29) is 0 Å². The van der Waals surface area contributed by atoms with Gasteiger partial charge < -0.3 is 5.11 Å². The van der Waals surface area contributed by atoms with E-state index in [4.69, 9.17) is 0 Å². The van der Waals surface area contributed by atoms with Crippen LogP contribution in [0.1, 0.15) is 29.5 Å². The highest BCUT2D eigenvalue weighted by Crippen LogP contribution is 2.29. The predicted molar refractivity (Wildman–Crippen MR) is 102 cm³/mol. The molecule has 1 aliphatic rings. The fourth-order valence-corrected chi connectivity index (χ4v) is 3.56. The molecule has 1 N–H and O–H groups in total. The number of rotatable bonds is 6. The van der Waals surface area contributed by atoms with Gasteiger partial charge in [0.15, 0.2) is 0 Å². The molecule has 0 saturated carbocycles. The molecule has 0 unspecified atom stereocenters. The van der Waals surface area contributed by atoms with Crippen molar-refractivity contribution in [3.8, 4) is 0 Å². The summed E-state index contributed by atoms with van der Waals surface area (Å²) in [4.78, 5) is 14.1. The van der Waals surface area contributed by atoms with Crippen LogP contribution in [0.3, 0.4) is 0 Å². The van der Waals surface area contributed by atoms with Gasteiger partial charge in [0.05, 0.1) is 0 Å². The lowest BCUT2D eigenvalue weighted by Gasteiger charge is -2.30. The van der Waals surface area contributed by atoms with Crippen molar-refractivity contribution in [2.24, 2.45) is 0 Å². The van der Waals surface area contributed by atoms with Crippen molar-refractivity contribution >= 4 is 11.5 Å². The van der Waals surface area contributed by atoms with Crippen LogP contribution in [-0.4, -0.2) is 35.6 Å². The van der Waals surface area contributed by atoms with E-state index in [9.17, 15) is 9.90 Å². The molecule has 0 aliphatic carbocycles. The summed E-state index contributed by atoms with van der Waals surface area (Å²) in [5, 5.41) is 9.60. The number of carbonyl (C=O) groups is 1. The monoisotopic (exact) mass is 335 g/mol. The third-order valence-electron chi connectivity index (χ3n) is 4.93. The maximum Gasteiger partial charge on any atom is 0.331 e. The standard InChI is InChI=1S/C22H25NO2/c1-17-8-5-6-12-19(17)21-16-23(15-13-20(21)22(24)25)14-7-11-18-9-3-2-4-10-18/h2-6,8-10,12H,7,11,13-16H2,1H3,(H,24,25). The van der Waals surface area contributed by atoms with Gasteiger partial charge in [-0.05, 0) is 55.0 Å². The van der Waals surface area contributed by atoms with E-state index in [1.165, 1.54) is 5.56 Å². The van der Waals surface area contributed by atoms with Crippen molar-refractivity contribution in [3.63, 3.8) is 0 Å². The van der Waals surface area contributed by atoms with Gasteiger partial charge in [-0.3, -0.25) is 4.90 Å². The smallest absolute Gasteiger partial charge is 0.331 e. The Kier molecular flexibility index (Phi) is 5.67. The number of aryl methyl sites for hydroxylation is 2. The summed E-state index contributed by atoms with van der Waals surface area (Å²) in [7, 11) is 0. The second-order valence-corrected chi connectivity index (χ2v) is 6.69. The summed E-state index contributed by atoms with van der Waals surface area (Å²) >= 11 is 0. The average molecular weight is 335 g/mol. The first-order valence-corrected chi connectivity index (χ1v) is 8.93. The molecule has 0 aromatic heterocycles. The van der Waals surface area contributed by atoms with Crippen LogP contribution >= 0.6 is 0 Å². The van der Waals surface area contributed by atoms with E-state index in [1.54, 1.807) is 0 Å². The fraction of sp³-hybridized carbons (Fsp3) is 0.318. The van der Waals surface area contributed by atoms with E-state index in [0.29, 0.717) is 12.0 Å². The molecule has 0 atom stereocenters. The van der Waals surface area contributed by atoms with Crippen molar-refractivity contribution in [1.82, 2.24) is 4.90 Å². The molecule has 1 heterocycles. The van der Waals surface area contributed by atoms with Gasteiger partial charge in [-0.2, -0.15) is 0 Å². The molecule has 0 amide bonds. The van der Waals surface area contributed by atoms with E-state index >= 15 is 0 Å². The molecule has 0 radical (unpaired) electrons. The van der Waals surface area contributed by atoms with Crippen LogP contribution < -0.4 is 0 Å². The Balaban J connectivity index is 1.70. The number of hydrogen-bond donors (Lipinski definition) is 1. The molecule has 1 aliphatic heterocycles. The summed E-state index contributed by atoms with van der Waals surface area (Å²) in [6.07, 6.45) is 2.77. The number of hydrogen-bond acceptors (Lipinski definition) is 2. The maximum atomic E-state index is 11.7. The fourth-order valence-electron chi connectivity index (χ4n) is 3.56. The minimum atomic E-state index is -0.776. The summed E-state index contributed by atoms with van der Waals surface area (Å²) in [6.45, 7) is 4.60. The Labute approximate surface area is 149 Å². The van der Waals surface area contributed by atoms with Gasteiger partial charge in [-0.15, -0.1) is 0 Å². The van der Waals surface area contributed by atoms with Crippen molar-refractivity contribution in [2.45, 2.75) is 26.2 Å². The second-order valence-electron chi connectivity index (χ2n) is 6.69. The third kappa shape index (κ3) is 4.37. The molecule has 0 saturated heterocycles. The summed E-state index contributed by atoms with van der Waals surface area (Å²) in [5.74, 6) is -0.776. The van der Waals surface area contributed by atoms with E-state index in [1.807, 2.05) is 24.3 Å². The second kappa shape index (κ2) is 8.13. The number of aliphatic carboxylic acids is 1. The molecule has 25 heavy (non-hydrogen) atoms. The summed E-state index contributed by atoms with van der Waals surface area (Å²) in [5.41, 5.74) is 5.14. The van der Waals surface area contributed by atoms with Crippen LogP contribution in [-0.2, 0) is 11.2 Å². The highest BCUT2D eigenvalue weighted by molar-refractivity contribution is 5.97. The first kappa shape index (κ1) is 17.4. The van der Waals surface area contributed by atoms with Crippen LogP contribution in [0.5, 0.6) is 0 Å². The minimum absolute atomic E-state index is 0.577. The molecular formula is C22H25NO2. The minimum Gasteiger partial charge on any atom is -0.478 e. The van der Waals surface area contributed by atoms with Crippen molar-refractivity contribution < 1.29 is 9.90 Å². The third-order valence-corrected chi connectivity index (χ3v) is 4.93. The Bertz CT molecular complexity index is 765. The van der Waals surface area contributed by atoms with Gasteiger partial charge in [0.25, 0.3) is 0 Å². The lowest BCUT2D eigenvalue weighted by molar-refractivity contribution is -0.132. The van der Waals surface area contributed by atoms with Crippen LogP contribution in [0.15, 0.2) is 60.2 Å². The number of carboxylic acids is 1. The van der Waals surface area contributed by atoms with Crippen molar-refractivity contribution in [2.75, 3.05) is 19.6 Å². The molecule has 0 spiro atoms. The molecule has 2 aromatic rings. The molecule has 3 rings (SSSR count). The molecule has 2 aromatic carbocycles. The van der Waals surface area contributed by atoms with E-state index in [0.717, 1.165) is 49.2 Å². The van der Waals surface area contributed by atoms with Gasteiger partial charge in [0.1, 0.15) is 0 Å². The highest BCUT2D eigenvalue weighted by Gasteiger charge is 2.24. The number of carboxylic acid groups (broad SMARTS) is 1. The van der Waals surface area contributed by atoms with Crippen molar-refractivity contribution in [1.29, 1.82) is 0 Å². The first-order valence-electron chi connectivity index (χ1n) is 8.93. The quantitative estimate of drug-likeness (QED) is 0.861. The molecule has 3 nitrogen and oxygen atoms in total. The number of nitrogens with zero attached hydrogens (tertiary/aromatic N) is 1. The van der Waals surface area contributed by atoms with Gasteiger partial charge in [0, 0.05) is 18.7 Å². The van der Waals surface area contributed by atoms with Crippen molar-refractivity contribution in [3.05, 3.63) is 76.9 Å². The van der Waals surface area contributed by atoms with Crippen LogP contribution in [0.2, 0.25) is 0 Å².